The third-order valence-corrected chi connectivity index (χ3v) is 4.16. The van der Waals surface area contributed by atoms with Crippen LogP contribution in [0.15, 0.2) is 66.9 Å². The molecule has 5 nitrogen and oxygen atoms in total. The van der Waals surface area contributed by atoms with Gasteiger partial charge in [0.25, 0.3) is 5.91 Å². The van der Waals surface area contributed by atoms with Crippen molar-refractivity contribution in [2.45, 2.75) is 26.5 Å². The summed E-state index contributed by atoms with van der Waals surface area (Å²) in [6.45, 7) is 4.47. The lowest BCUT2D eigenvalue weighted by atomic mass is 10.2. The monoisotopic (exact) mass is 395 g/mol. The summed E-state index contributed by atoms with van der Waals surface area (Å²) >= 11 is 5.90. The highest BCUT2D eigenvalue weighted by molar-refractivity contribution is 6.30. The second-order valence-electron chi connectivity index (χ2n) is 6.53. The first-order valence-electron chi connectivity index (χ1n) is 9.02. The highest BCUT2D eigenvalue weighted by Gasteiger charge is 2.11. The average molecular weight is 396 g/mol. The lowest BCUT2D eigenvalue weighted by molar-refractivity contribution is 0.102. The van der Waals surface area contributed by atoms with Crippen molar-refractivity contribution in [2.75, 3.05) is 10.6 Å². The molecule has 0 radical (unpaired) electrons. The van der Waals surface area contributed by atoms with Crippen LogP contribution in [-0.4, -0.2) is 17.0 Å². The van der Waals surface area contributed by atoms with Crippen molar-refractivity contribution in [2.24, 2.45) is 0 Å². The zero-order valence-electron chi connectivity index (χ0n) is 15.8. The van der Waals surface area contributed by atoms with Gasteiger partial charge in [0.05, 0.1) is 11.8 Å². The highest BCUT2D eigenvalue weighted by atomic mass is 35.5. The number of rotatable bonds is 7. The standard InChI is InChI=1S/C22H22ClN3O2/c1-15(2)28-20-6-4-3-5-19(20)26-22(27)17-11-12-24-21(13-17)25-14-16-7-9-18(23)10-8-16/h3-13,15H,14H2,1-2H3,(H,24,25)(H,26,27). The van der Waals surface area contributed by atoms with Gasteiger partial charge in [0.2, 0.25) is 0 Å². The van der Waals surface area contributed by atoms with E-state index in [-0.39, 0.29) is 12.0 Å². The minimum absolute atomic E-state index is 0.0163. The van der Waals surface area contributed by atoms with Gasteiger partial charge >= 0.3 is 0 Å². The molecule has 0 atom stereocenters. The van der Waals surface area contributed by atoms with Crippen molar-refractivity contribution < 1.29 is 9.53 Å². The number of nitrogens with zero attached hydrogens (tertiary/aromatic N) is 1. The first-order chi connectivity index (χ1) is 13.5. The van der Waals surface area contributed by atoms with Crippen molar-refractivity contribution in [1.29, 1.82) is 0 Å². The van der Waals surface area contributed by atoms with Gasteiger partial charge in [-0.25, -0.2) is 4.98 Å². The number of nitrogens with one attached hydrogen (secondary N) is 2. The molecule has 0 spiro atoms. The average Bonchev–Trinajstić information content (AvgIpc) is 2.69. The van der Waals surface area contributed by atoms with Crippen molar-refractivity contribution in [3.8, 4) is 5.75 Å². The lowest BCUT2D eigenvalue weighted by Gasteiger charge is -2.15. The van der Waals surface area contributed by atoms with E-state index in [1.165, 1.54) is 0 Å². The Balaban J connectivity index is 1.68. The number of aromatic nitrogens is 1. The molecule has 0 unspecified atom stereocenters. The fourth-order valence-corrected chi connectivity index (χ4v) is 2.71. The predicted molar refractivity (Wildman–Crippen MR) is 113 cm³/mol. The number of hydrogen-bond donors (Lipinski definition) is 2. The van der Waals surface area contributed by atoms with E-state index in [9.17, 15) is 4.79 Å². The zero-order chi connectivity index (χ0) is 19.9. The van der Waals surface area contributed by atoms with Gasteiger partial charge in [-0.2, -0.15) is 0 Å². The molecule has 28 heavy (non-hydrogen) atoms. The normalized spacial score (nSPS) is 10.6. The molecule has 0 bridgehead atoms. The minimum Gasteiger partial charge on any atom is -0.489 e. The second-order valence-corrected chi connectivity index (χ2v) is 6.96. The Bertz CT molecular complexity index is 943. The molecular weight excluding hydrogens is 374 g/mol. The fourth-order valence-electron chi connectivity index (χ4n) is 2.58. The topological polar surface area (TPSA) is 63.2 Å². The SMILES string of the molecule is CC(C)Oc1ccccc1NC(=O)c1ccnc(NCc2ccc(Cl)cc2)c1. The maximum Gasteiger partial charge on any atom is 0.255 e. The quantitative estimate of drug-likeness (QED) is 0.563. The van der Waals surface area contributed by atoms with Crippen LogP contribution < -0.4 is 15.4 Å². The Morgan fingerprint density at radius 1 is 1.11 bits per heavy atom. The molecule has 6 heteroatoms. The van der Waals surface area contributed by atoms with Crippen LogP contribution in [0.1, 0.15) is 29.8 Å². The van der Waals surface area contributed by atoms with E-state index in [0.717, 1.165) is 5.56 Å². The smallest absolute Gasteiger partial charge is 0.255 e. The molecule has 2 aromatic carbocycles. The number of pyridine rings is 1. The van der Waals surface area contributed by atoms with Gasteiger partial charge in [-0.05, 0) is 55.8 Å². The maximum absolute atomic E-state index is 12.7. The second kappa shape index (κ2) is 9.24. The molecule has 0 aliphatic rings. The van der Waals surface area contributed by atoms with E-state index in [1.807, 2.05) is 62.4 Å². The van der Waals surface area contributed by atoms with Gasteiger partial charge in [-0.15, -0.1) is 0 Å². The summed E-state index contributed by atoms with van der Waals surface area (Å²) in [5.41, 5.74) is 2.21. The summed E-state index contributed by atoms with van der Waals surface area (Å²) in [5.74, 6) is 1.03. The number of hydrogen-bond acceptors (Lipinski definition) is 4. The van der Waals surface area contributed by atoms with Gasteiger partial charge in [0.15, 0.2) is 0 Å². The summed E-state index contributed by atoms with van der Waals surface area (Å²) in [4.78, 5) is 17.0. The van der Waals surface area contributed by atoms with Crippen LogP contribution in [0.4, 0.5) is 11.5 Å². The fraction of sp³-hybridized carbons (Fsp3) is 0.182. The van der Waals surface area contributed by atoms with Crippen LogP contribution in [-0.2, 0) is 6.54 Å². The molecule has 144 valence electrons. The number of halogens is 1. The Morgan fingerprint density at radius 2 is 1.86 bits per heavy atom. The van der Waals surface area contributed by atoms with E-state index >= 15 is 0 Å². The van der Waals surface area contributed by atoms with Gasteiger partial charge in [-0.3, -0.25) is 4.79 Å². The molecule has 0 saturated heterocycles. The molecular formula is C22H22ClN3O2. The number of ether oxygens (including phenoxy) is 1. The summed E-state index contributed by atoms with van der Waals surface area (Å²) in [7, 11) is 0. The highest BCUT2D eigenvalue weighted by Crippen LogP contribution is 2.25. The van der Waals surface area contributed by atoms with Gasteiger partial charge in [0, 0.05) is 23.3 Å². The molecule has 3 aromatic rings. The molecule has 0 fully saturated rings. The molecule has 0 saturated carbocycles. The van der Waals surface area contributed by atoms with Crippen LogP contribution in [0.25, 0.3) is 0 Å². The number of para-hydroxylation sites is 2. The Kier molecular flexibility index (Phi) is 6.50. The van der Waals surface area contributed by atoms with Gasteiger partial charge in [-0.1, -0.05) is 35.9 Å². The van der Waals surface area contributed by atoms with E-state index in [1.54, 1.807) is 18.3 Å². The van der Waals surface area contributed by atoms with Crippen LogP contribution in [0.5, 0.6) is 5.75 Å². The van der Waals surface area contributed by atoms with Crippen LogP contribution >= 0.6 is 11.6 Å². The predicted octanol–water partition coefficient (Wildman–Crippen LogP) is 5.39. The van der Waals surface area contributed by atoms with E-state index in [2.05, 4.69) is 15.6 Å². The molecule has 2 N–H and O–H groups in total. The van der Waals surface area contributed by atoms with Crippen molar-refractivity contribution >= 4 is 29.0 Å². The summed E-state index contributed by atoms with van der Waals surface area (Å²) < 4.78 is 5.75. The van der Waals surface area contributed by atoms with Gasteiger partial charge < -0.3 is 15.4 Å². The molecule has 0 aliphatic heterocycles. The van der Waals surface area contributed by atoms with E-state index < -0.39 is 0 Å². The lowest BCUT2D eigenvalue weighted by Crippen LogP contribution is -2.15. The molecule has 1 aromatic heterocycles. The molecule has 1 amide bonds. The minimum atomic E-state index is -0.225. The van der Waals surface area contributed by atoms with Crippen LogP contribution in [0, 0.1) is 0 Å². The summed E-state index contributed by atoms with van der Waals surface area (Å²) in [6, 6.07) is 18.3. The third-order valence-electron chi connectivity index (χ3n) is 3.91. The Labute approximate surface area is 169 Å². The van der Waals surface area contributed by atoms with Crippen molar-refractivity contribution in [3.05, 3.63) is 83.0 Å². The van der Waals surface area contributed by atoms with Crippen LogP contribution in [0.2, 0.25) is 5.02 Å². The number of amides is 1. The van der Waals surface area contributed by atoms with E-state index in [0.29, 0.717) is 34.4 Å². The number of carbonyl (C=O) groups excluding carboxylic acids is 1. The molecule has 1 heterocycles. The van der Waals surface area contributed by atoms with E-state index in [4.69, 9.17) is 16.3 Å². The number of anilines is 2. The first-order valence-corrected chi connectivity index (χ1v) is 9.40. The number of carbonyl (C=O) groups is 1. The Hall–Kier alpha value is -3.05. The number of benzene rings is 2. The van der Waals surface area contributed by atoms with Gasteiger partial charge in [0.1, 0.15) is 11.6 Å². The maximum atomic E-state index is 12.7. The largest absolute Gasteiger partial charge is 0.489 e. The first kappa shape index (κ1) is 19.7. The summed E-state index contributed by atoms with van der Waals surface area (Å²) in [5, 5.41) is 6.82. The van der Waals surface area contributed by atoms with Crippen LogP contribution in [0.3, 0.4) is 0 Å². The summed E-state index contributed by atoms with van der Waals surface area (Å²) in [6.07, 6.45) is 1.62. The van der Waals surface area contributed by atoms with Crippen molar-refractivity contribution in [1.82, 2.24) is 4.98 Å². The van der Waals surface area contributed by atoms with Crippen molar-refractivity contribution in [3.63, 3.8) is 0 Å². The third kappa shape index (κ3) is 5.47. The Morgan fingerprint density at radius 3 is 2.61 bits per heavy atom. The molecule has 0 aliphatic carbocycles. The molecule has 3 rings (SSSR count). The zero-order valence-corrected chi connectivity index (χ0v) is 16.5.